The predicted molar refractivity (Wildman–Crippen MR) is 88.5 cm³/mol. The van der Waals surface area contributed by atoms with E-state index < -0.39 is 0 Å². The molecule has 2 heterocycles. The molecule has 3 rings (SSSR count). The van der Waals surface area contributed by atoms with Gasteiger partial charge < -0.3 is 5.32 Å². The highest BCUT2D eigenvalue weighted by Crippen LogP contribution is 2.16. The molecule has 2 aromatic heterocycles. The second-order valence-corrected chi connectivity index (χ2v) is 5.51. The Balaban J connectivity index is 1.61. The summed E-state index contributed by atoms with van der Waals surface area (Å²) in [7, 11) is 1.68. The van der Waals surface area contributed by atoms with Crippen molar-refractivity contribution >= 4 is 23.2 Å². The number of nitrogens with one attached hydrogen (secondary N) is 1. The standard InChI is InChI=1S/C16H16ClN5O/c1-21-15(17)14(10-18-21)16(23)20-13-9-19-22(11-13)8-7-12-5-3-2-4-6-12/h2-6,9-11H,7-8H2,1H3,(H,20,23). The van der Waals surface area contributed by atoms with Crippen LogP contribution >= 0.6 is 11.6 Å². The molecule has 0 radical (unpaired) electrons. The first-order valence-electron chi connectivity index (χ1n) is 7.19. The lowest BCUT2D eigenvalue weighted by atomic mass is 10.1. The Labute approximate surface area is 138 Å². The second-order valence-electron chi connectivity index (χ2n) is 5.15. The zero-order valence-corrected chi connectivity index (χ0v) is 13.4. The molecule has 1 N–H and O–H groups in total. The average molecular weight is 330 g/mol. The number of halogens is 1. The number of nitrogens with zero attached hydrogens (tertiary/aromatic N) is 4. The van der Waals surface area contributed by atoms with Gasteiger partial charge in [-0.1, -0.05) is 41.9 Å². The summed E-state index contributed by atoms with van der Waals surface area (Å²) in [6.07, 6.45) is 5.74. The van der Waals surface area contributed by atoms with E-state index in [1.807, 2.05) is 18.2 Å². The van der Waals surface area contributed by atoms with Crippen molar-refractivity contribution in [1.29, 1.82) is 0 Å². The van der Waals surface area contributed by atoms with Gasteiger partial charge >= 0.3 is 0 Å². The van der Waals surface area contributed by atoms with E-state index in [1.54, 1.807) is 24.1 Å². The third-order valence-electron chi connectivity index (χ3n) is 3.47. The molecular weight excluding hydrogens is 314 g/mol. The first kappa shape index (κ1) is 15.3. The molecule has 0 saturated carbocycles. The van der Waals surface area contributed by atoms with Crippen molar-refractivity contribution in [2.24, 2.45) is 7.05 Å². The van der Waals surface area contributed by atoms with Crippen molar-refractivity contribution < 1.29 is 4.79 Å². The molecule has 3 aromatic rings. The molecule has 7 heteroatoms. The van der Waals surface area contributed by atoms with Crippen LogP contribution in [-0.4, -0.2) is 25.5 Å². The highest BCUT2D eigenvalue weighted by Gasteiger charge is 2.15. The molecule has 0 spiro atoms. The van der Waals surface area contributed by atoms with Crippen molar-refractivity contribution in [1.82, 2.24) is 19.6 Å². The number of carbonyl (C=O) groups is 1. The lowest BCUT2D eigenvalue weighted by molar-refractivity contribution is 0.102. The van der Waals surface area contributed by atoms with Gasteiger partial charge in [0.25, 0.3) is 5.91 Å². The topological polar surface area (TPSA) is 64.7 Å². The summed E-state index contributed by atoms with van der Waals surface area (Å²) in [4.78, 5) is 12.2. The number of benzene rings is 1. The van der Waals surface area contributed by atoms with Gasteiger partial charge in [-0.15, -0.1) is 0 Å². The minimum atomic E-state index is -0.300. The summed E-state index contributed by atoms with van der Waals surface area (Å²) in [6.45, 7) is 0.744. The van der Waals surface area contributed by atoms with Gasteiger partial charge in [0, 0.05) is 19.8 Å². The van der Waals surface area contributed by atoms with Crippen LogP contribution < -0.4 is 5.32 Å². The second kappa shape index (κ2) is 6.66. The van der Waals surface area contributed by atoms with Gasteiger partial charge in [-0.25, -0.2) is 0 Å². The molecule has 0 bridgehead atoms. The van der Waals surface area contributed by atoms with E-state index >= 15 is 0 Å². The maximum Gasteiger partial charge on any atom is 0.260 e. The van der Waals surface area contributed by atoms with Crippen LogP contribution in [-0.2, 0) is 20.0 Å². The number of carbonyl (C=O) groups excluding carboxylic acids is 1. The van der Waals surface area contributed by atoms with Crippen LogP contribution in [0.1, 0.15) is 15.9 Å². The van der Waals surface area contributed by atoms with E-state index in [1.165, 1.54) is 16.4 Å². The summed E-state index contributed by atoms with van der Waals surface area (Å²) >= 11 is 6.01. The SMILES string of the molecule is Cn1ncc(C(=O)Nc2cnn(CCc3ccccc3)c2)c1Cl. The van der Waals surface area contributed by atoms with E-state index in [4.69, 9.17) is 11.6 Å². The van der Waals surface area contributed by atoms with E-state index in [0.29, 0.717) is 16.4 Å². The molecule has 0 unspecified atom stereocenters. The molecule has 1 aromatic carbocycles. The maximum atomic E-state index is 12.2. The van der Waals surface area contributed by atoms with Crippen LogP contribution in [0.3, 0.4) is 0 Å². The van der Waals surface area contributed by atoms with Crippen molar-refractivity contribution in [3.63, 3.8) is 0 Å². The Morgan fingerprint density at radius 3 is 2.70 bits per heavy atom. The highest BCUT2D eigenvalue weighted by molar-refractivity contribution is 6.33. The van der Waals surface area contributed by atoms with E-state index in [-0.39, 0.29) is 5.91 Å². The molecular formula is C16H16ClN5O. The molecule has 0 aliphatic rings. The van der Waals surface area contributed by atoms with E-state index in [9.17, 15) is 4.79 Å². The Morgan fingerprint density at radius 2 is 2.00 bits per heavy atom. The quantitative estimate of drug-likeness (QED) is 0.782. The predicted octanol–water partition coefficient (Wildman–Crippen LogP) is 2.77. The lowest BCUT2D eigenvalue weighted by Gasteiger charge is -2.02. The van der Waals surface area contributed by atoms with Crippen LogP contribution in [0, 0.1) is 0 Å². The molecule has 0 aliphatic heterocycles. The van der Waals surface area contributed by atoms with Crippen LogP contribution in [0.5, 0.6) is 0 Å². The zero-order chi connectivity index (χ0) is 16.2. The number of anilines is 1. The van der Waals surface area contributed by atoms with Crippen molar-refractivity contribution in [3.05, 3.63) is 65.2 Å². The average Bonchev–Trinajstić information content (AvgIpc) is 3.14. The molecule has 0 saturated heterocycles. The summed E-state index contributed by atoms with van der Waals surface area (Å²) in [6, 6.07) is 10.2. The number of amides is 1. The Morgan fingerprint density at radius 1 is 1.22 bits per heavy atom. The van der Waals surface area contributed by atoms with Crippen molar-refractivity contribution in [2.45, 2.75) is 13.0 Å². The normalized spacial score (nSPS) is 10.7. The molecule has 6 nitrogen and oxygen atoms in total. The fourth-order valence-corrected chi connectivity index (χ4v) is 2.39. The van der Waals surface area contributed by atoms with Gasteiger partial charge in [-0.2, -0.15) is 10.2 Å². The summed E-state index contributed by atoms with van der Waals surface area (Å²) in [5.41, 5.74) is 2.21. The first-order valence-corrected chi connectivity index (χ1v) is 7.56. The minimum absolute atomic E-state index is 0.300. The zero-order valence-electron chi connectivity index (χ0n) is 12.6. The number of aryl methyl sites for hydroxylation is 3. The van der Waals surface area contributed by atoms with Crippen LogP contribution in [0.2, 0.25) is 5.15 Å². The molecule has 23 heavy (non-hydrogen) atoms. The third-order valence-corrected chi connectivity index (χ3v) is 3.92. The van der Waals surface area contributed by atoms with Crippen LogP contribution in [0.15, 0.2) is 48.9 Å². The summed E-state index contributed by atoms with van der Waals surface area (Å²) < 4.78 is 3.24. The fraction of sp³-hybridized carbons (Fsp3) is 0.188. The Kier molecular flexibility index (Phi) is 4.43. The van der Waals surface area contributed by atoms with Crippen LogP contribution in [0.25, 0.3) is 0 Å². The van der Waals surface area contributed by atoms with Gasteiger partial charge in [0.15, 0.2) is 0 Å². The fourth-order valence-electron chi connectivity index (χ4n) is 2.21. The van der Waals surface area contributed by atoms with E-state index in [0.717, 1.165) is 13.0 Å². The maximum absolute atomic E-state index is 12.2. The number of rotatable bonds is 5. The van der Waals surface area contributed by atoms with Gasteiger partial charge in [0.05, 0.1) is 23.6 Å². The largest absolute Gasteiger partial charge is 0.319 e. The smallest absolute Gasteiger partial charge is 0.260 e. The highest BCUT2D eigenvalue weighted by atomic mass is 35.5. The molecule has 0 aliphatic carbocycles. The Hall–Kier alpha value is -2.60. The molecule has 0 fully saturated rings. The van der Waals surface area contributed by atoms with Crippen molar-refractivity contribution in [3.8, 4) is 0 Å². The molecule has 118 valence electrons. The van der Waals surface area contributed by atoms with Crippen molar-refractivity contribution in [2.75, 3.05) is 5.32 Å². The Bertz CT molecular complexity index is 809. The lowest BCUT2D eigenvalue weighted by Crippen LogP contribution is -2.11. The number of hydrogen-bond donors (Lipinski definition) is 1. The van der Waals surface area contributed by atoms with Crippen LogP contribution in [0.4, 0.5) is 5.69 Å². The van der Waals surface area contributed by atoms with Gasteiger partial charge in [-0.3, -0.25) is 14.2 Å². The first-order chi connectivity index (χ1) is 11.1. The van der Waals surface area contributed by atoms with Gasteiger partial charge in [0.2, 0.25) is 0 Å². The monoisotopic (exact) mass is 329 g/mol. The van der Waals surface area contributed by atoms with Gasteiger partial charge in [0.1, 0.15) is 5.15 Å². The van der Waals surface area contributed by atoms with Gasteiger partial charge in [-0.05, 0) is 12.0 Å². The minimum Gasteiger partial charge on any atom is -0.319 e. The van der Waals surface area contributed by atoms with E-state index in [2.05, 4.69) is 27.6 Å². The third kappa shape index (κ3) is 3.60. The molecule has 1 amide bonds. The summed E-state index contributed by atoms with van der Waals surface area (Å²) in [5.74, 6) is -0.300. The number of aromatic nitrogens is 4. The number of hydrogen-bond acceptors (Lipinski definition) is 3. The molecule has 0 atom stereocenters. The summed E-state index contributed by atoms with van der Waals surface area (Å²) in [5, 5.41) is 11.3.